The molecule has 4 heteroatoms. The van der Waals surface area contributed by atoms with Crippen LogP contribution in [0.1, 0.15) is 36.5 Å². The maximum Gasteiger partial charge on any atom is 0.320 e. The molecule has 1 unspecified atom stereocenters. The van der Waals surface area contributed by atoms with Gasteiger partial charge in [-0.25, -0.2) is 0 Å². The van der Waals surface area contributed by atoms with Crippen molar-refractivity contribution in [3.63, 3.8) is 0 Å². The van der Waals surface area contributed by atoms with E-state index < -0.39 is 0 Å². The molecule has 2 aromatic rings. The molecule has 0 saturated heterocycles. The highest BCUT2D eigenvalue weighted by Gasteiger charge is 2.20. The van der Waals surface area contributed by atoms with Gasteiger partial charge in [-0.2, -0.15) is 0 Å². The van der Waals surface area contributed by atoms with Crippen molar-refractivity contribution in [3.8, 4) is 0 Å². The molecule has 0 amide bonds. The van der Waals surface area contributed by atoms with E-state index in [9.17, 15) is 4.79 Å². The van der Waals surface area contributed by atoms with E-state index in [0.29, 0.717) is 0 Å². The standard InChI is InChI=1S/C18H21BrO3/c1-12(2)17(19)18(20)21-11-15-10-16(22-13(15)3)9-14-7-5-4-6-8-14/h4-8,10,12,17H,9,11H2,1-3H3. The molecule has 118 valence electrons. The van der Waals surface area contributed by atoms with Crippen LogP contribution in [0.2, 0.25) is 0 Å². The predicted molar refractivity (Wildman–Crippen MR) is 90.0 cm³/mol. The van der Waals surface area contributed by atoms with Gasteiger partial charge in [-0.15, -0.1) is 0 Å². The van der Waals surface area contributed by atoms with Crippen molar-refractivity contribution in [1.82, 2.24) is 0 Å². The van der Waals surface area contributed by atoms with Crippen LogP contribution in [0.25, 0.3) is 0 Å². The Morgan fingerprint density at radius 1 is 1.27 bits per heavy atom. The third kappa shape index (κ3) is 4.47. The molecule has 1 aromatic heterocycles. The summed E-state index contributed by atoms with van der Waals surface area (Å²) in [5.74, 6) is 1.65. The summed E-state index contributed by atoms with van der Waals surface area (Å²) >= 11 is 3.35. The number of furan rings is 1. The lowest BCUT2D eigenvalue weighted by atomic mass is 10.1. The number of ether oxygens (including phenoxy) is 1. The van der Waals surface area contributed by atoms with Gasteiger partial charge in [0, 0.05) is 12.0 Å². The number of rotatable bonds is 6. The van der Waals surface area contributed by atoms with Gasteiger partial charge < -0.3 is 9.15 Å². The Hall–Kier alpha value is -1.55. The minimum atomic E-state index is -0.275. The highest BCUT2D eigenvalue weighted by molar-refractivity contribution is 9.10. The first-order chi connectivity index (χ1) is 10.5. The molecule has 0 N–H and O–H groups in total. The van der Waals surface area contributed by atoms with Gasteiger partial charge in [0.05, 0.1) is 0 Å². The summed E-state index contributed by atoms with van der Waals surface area (Å²) in [6, 6.07) is 12.1. The second-order valence-corrected chi connectivity index (χ2v) is 6.70. The first-order valence-corrected chi connectivity index (χ1v) is 8.31. The molecule has 1 aromatic carbocycles. The predicted octanol–water partition coefficient (Wildman–Crippen LogP) is 4.64. The maximum atomic E-state index is 11.9. The quantitative estimate of drug-likeness (QED) is 0.553. The molecular formula is C18H21BrO3. The van der Waals surface area contributed by atoms with Crippen LogP contribution in [0.15, 0.2) is 40.8 Å². The van der Waals surface area contributed by atoms with Gasteiger partial charge in [-0.3, -0.25) is 4.79 Å². The minimum absolute atomic E-state index is 0.201. The van der Waals surface area contributed by atoms with E-state index in [1.54, 1.807) is 0 Å². The first kappa shape index (κ1) is 16.8. The summed E-state index contributed by atoms with van der Waals surface area (Å²) < 4.78 is 11.1. The number of carbonyl (C=O) groups excluding carboxylic acids is 1. The fourth-order valence-corrected chi connectivity index (χ4v) is 2.25. The molecule has 0 aliphatic rings. The Kier molecular flexibility index (Phi) is 5.83. The van der Waals surface area contributed by atoms with Crippen LogP contribution in [0.5, 0.6) is 0 Å². The number of esters is 1. The fourth-order valence-electron chi connectivity index (χ4n) is 2.12. The van der Waals surface area contributed by atoms with Gasteiger partial charge in [-0.05, 0) is 24.5 Å². The maximum absolute atomic E-state index is 11.9. The van der Waals surface area contributed by atoms with E-state index in [2.05, 4.69) is 28.1 Å². The highest BCUT2D eigenvalue weighted by atomic mass is 79.9. The second kappa shape index (κ2) is 7.63. The second-order valence-electron chi connectivity index (χ2n) is 5.71. The van der Waals surface area contributed by atoms with Gasteiger partial charge in [-0.1, -0.05) is 60.1 Å². The number of hydrogen-bond acceptors (Lipinski definition) is 3. The average molecular weight is 365 g/mol. The van der Waals surface area contributed by atoms with Crippen LogP contribution >= 0.6 is 15.9 Å². The summed E-state index contributed by atoms with van der Waals surface area (Å²) in [4.78, 5) is 11.6. The van der Waals surface area contributed by atoms with Crippen LogP contribution in [0, 0.1) is 12.8 Å². The SMILES string of the molecule is Cc1oc(Cc2ccccc2)cc1COC(=O)C(Br)C(C)C. The smallest absolute Gasteiger partial charge is 0.320 e. The van der Waals surface area contributed by atoms with Crippen molar-refractivity contribution in [2.45, 2.75) is 38.6 Å². The number of aryl methyl sites for hydroxylation is 1. The summed E-state index contributed by atoms with van der Waals surface area (Å²) in [5, 5.41) is 0. The Labute approximate surface area is 139 Å². The minimum Gasteiger partial charge on any atom is -0.466 e. The Morgan fingerprint density at radius 2 is 1.95 bits per heavy atom. The monoisotopic (exact) mass is 364 g/mol. The largest absolute Gasteiger partial charge is 0.466 e. The number of alkyl halides is 1. The number of benzene rings is 1. The molecule has 0 fully saturated rings. The zero-order chi connectivity index (χ0) is 16.1. The van der Waals surface area contributed by atoms with Crippen molar-refractivity contribution in [2.75, 3.05) is 0 Å². The Bertz CT molecular complexity index is 617. The molecule has 3 nitrogen and oxygen atoms in total. The van der Waals surface area contributed by atoms with Crippen molar-refractivity contribution in [2.24, 2.45) is 5.92 Å². The lowest BCUT2D eigenvalue weighted by molar-refractivity contribution is -0.144. The van der Waals surface area contributed by atoms with E-state index in [-0.39, 0.29) is 23.3 Å². The van der Waals surface area contributed by atoms with Gasteiger partial charge in [0.15, 0.2) is 0 Å². The molecule has 0 saturated carbocycles. The third-order valence-corrected chi connectivity index (χ3v) is 4.90. The summed E-state index contributed by atoms with van der Waals surface area (Å²) in [5.41, 5.74) is 2.11. The van der Waals surface area contributed by atoms with E-state index in [1.807, 2.05) is 45.0 Å². The van der Waals surface area contributed by atoms with Gasteiger partial charge in [0.1, 0.15) is 23.0 Å². The summed E-state index contributed by atoms with van der Waals surface area (Å²) in [6.45, 7) is 6.09. The fraction of sp³-hybridized carbons (Fsp3) is 0.389. The van der Waals surface area contributed by atoms with Crippen LogP contribution in [0.4, 0.5) is 0 Å². The van der Waals surface area contributed by atoms with E-state index >= 15 is 0 Å². The molecule has 0 radical (unpaired) electrons. The van der Waals surface area contributed by atoms with Crippen LogP contribution in [-0.4, -0.2) is 10.8 Å². The molecule has 0 spiro atoms. The average Bonchev–Trinajstić information content (AvgIpc) is 2.84. The molecule has 0 aliphatic carbocycles. The molecule has 2 rings (SSSR count). The Morgan fingerprint density at radius 3 is 2.59 bits per heavy atom. The van der Waals surface area contributed by atoms with Gasteiger partial charge >= 0.3 is 5.97 Å². The Balaban J connectivity index is 1.97. The van der Waals surface area contributed by atoms with Crippen molar-refractivity contribution < 1.29 is 13.9 Å². The molecule has 1 heterocycles. The van der Waals surface area contributed by atoms with Crippen LogP contribution < -0.4 is 0 Å². The summed E-state index contributed by atoms with van der Waals surface area (Å²) in [6.07, 6.45) is 0.739. The highest BCUT2D eigenvalue weighted by Crippen LogP contribution is 2.20. The van der Waals surface area contributed by atoms with Crippen LogP contribution in [-0.2, 0) is 22.6 Å². The topological polar surface area (TPSA) is 39.4 Å². The number of hydrogen-bond donors (Lipinski definition) is 0. The van der Waals surface area contributed by atoms with E-state index in [0.717, 1.165) is 23.5 Å². The normalized spacial score (nSPS) is 12.4. The number of halogens is 1. The van der Waals surface area contributed by atoms with E-state index in [1.165, 1.54) is 5.56 Å². The third-order valence-electron chi connectivity index (χ3n) is 3.47. The molecular weight excluding hydrogens is 344 g/mol. The van der Waals surface area contributed by atoms with Crippen molar-refractivity contribution in [1.29, 1.82) is 0 Å². The van der Waals surface area contributed by atoms with Crippen molar-refractivity contribution in [3.05, 3.63) is 59.0 Å². The van der Waals surface area contributed by atoms with Gasteiger partial charge in [0.2, 0.25) is 0 Å². The molecule has 22 heavy (non-hydrogen) atoms. The van der Waals surface area contributed by atoms with Gasteiger partial charge in [0.25, 0.3) is 0 Å². The molecule has 1 atom stereocenters. The van der Waals surface area contributed by atoms with Crippen LogP contribution in [0.3, 0.4) is 0 Å². The molecule has 0 bridgehead atoms. The zero-order valence-corrected chi connectivity index (χ0v) is 14.7. The first-order valence-electron chi connectivity index (χ1n) is 7.40. The molecule has 0 aliphatic heterocycles. The lowest BCUT2D eigenvalue weighted by Crippen LogP contribution is -2.22. The van der Waals surface area contributed by atoms with E-state index in [4.69, 9.17) is 9.15 Å². The lowest BCUT2D eigenvalue weighted by Gasteiger charge is -2.12. The zero-order valence-electron chi connectivity index (χ0n) is 13.1. The number of carbonyl (C=O) groups is 1. The summed E-state index contributed by atoms with van der Waals surface area (Å²) in [7, 11) is 0. The van der Waals surface area contributed by atoms with Crippen molar-refractivity contribution >= 4 is 21.9 Å².